The van der Waals surface area contributed by atoms with E-state index in [4.69, 9.17) is 0 Å². The summed E-state index contributed by atoms with van der Waals surface area (Å²) in [4.78, 5) is 12.2. The van der Waals surface area contributed by atoms with Crippen LogP contribution in [0.3, 0.4) is 0 Å². The normalized spacial score (nSPS) is 10.9. The highest BCUT2D eigenvalue weighted by atomic mass is 32.1. The molecule has 0 aromatic carbocycles. The molecule has 0 saturated carbocycles. The number of nitrogens with one attached hydrogen (secondary N) is 1. The van der Waals surface area contributed by atoms with Crippen molar-refractivity contribution in [3.05, 3.63) is 41.2 Å². The topological polar surface area (TPSA) is 41.1 Å². The number of hydrogen-bond acceptors (Lipinski definition) is 5. The van der Waals surface area contributed by atoms with Gasteiger partial charge in [-0.25, -0.2) is 4.98 Å². The number of hydrogen-bond donors (Lipinski definition) is 1. The smallest absolute Gasteiger partial charge is 0.182 e. The van der Waals surface area contributed by atoms with Crippen molar-refractivity contribution in [3.63, 3.8) is 0 Å². The van der Waals surface area contributed by atoms with Crippen LogP contribution in [0.15, 0.2) is 30.7 Å². The van der Waals surface area contributed by atoms with Gasteiger partial charge in [-0.1, -0.05) is 13.8 Å². The fourth-order valence-electron chi connectivity index (χ4n) is 1.94. The fourth-order valence-corrected chi connectivity index (χ4v) is 2.82. The SMILES string of the molecule is CCCNc1ncc(CN(CC)Cc2ccncc2)s1. The van der Waals surface area contributed by atoms with Gasteiger partial charge < -0.3 is 5.32 Å². The Kier molecular flexibility index (Phi) is 5.95. The molecule has 0 saturated heterocycles. The lowest BCUT2D eigenvalue weighted by Gasteiger charge is -2.19. The van der Waals surface area contributed by atoms with Crippen molar-refractivity contribution in [3.8, 4) is 0 Å². The second-order valence-corrected chi connectivity index (χ2v) is 5.83. The van der Waals surface area contributed by atoms with E-state index in [1.165, 1.54) is 10.4 Å². The second-order valence-electron chi connectivity index (χ2n) is 4.72. The minimum Gasteiger partial charge on any atom is -0.362 e. The maximum atomic E-state index is 4.42. The molecule has 5 heteroatoms. The molecule has 0 aliphatic rings. The van der Waals surface area contributed by atoms with Gasteiger partial charge in [-0.2, -0.15) is 0 Å². The Bertz CT molecular complexity index is 498. The van der Waals surface area contributed by atoms with Crippen molar-refractivity contribution in [1.29, 1.82) is 0 Å². The molecule has 0 radical (unpaired) electrons. The summed E-state index contributed by atoms with van der Waals surface area (Å²) in [7, 11) is 0. The van der Waals surface area contributed by atoms with Crippen LogP contribution in [0.1, 0.15) is 30.7 Å². The summed E-state index contributed by atoms with van der Waals surface area (Å²) in [6.07, 6.45) is 6.81. The first-order valence-corrected chi connectivity index (χ1v) is 7.93. The third kappa shape index (κ3) is 4.58. The largest absolute Gasteiger partial charge is 0.362 e. The molecule has 20 heavy (non-hydrogen) atoms. The molecule has 2 aromatic heterocycles. The van der Waals surface area contributed by atoms with E-state index < -0.39 is 0 Å². The van der Waals surface area contributed by atoms with Crippen LogP contribution in [-0.2, 0) is 13.1 Å². The Morgan fingerprint density at radius 3 is 2.70 bits per heavy atom. The van der Waals surface area contributed by atoms with Crippen molar-refractivity contribution in [1.82, 2.24) is 14.9 Å². The molecule has 0 bridgehead atoms. The van der Waals surface area contributed by atoms with E-state index in [9.17, 15) is 0 Å². The van der Waals surface area contributed by atoms with Gasteiger partial charge in [0.1, 0.15) is 0 Å². The maximum absolute atomic E-state index is 4.42. The first-order chi connectivity index (χ1) is 9.81. The number of pyridine rings is 1. The Hall–Kier alpha value is -1.46. The minimum atomic E-state index is 0.949. The quantitative estimate of drug-likeness (QED) is 0.809. The highest BCUT2D eigenvalue weighted by molar-refractivity contribution is 7.15. The van der Waals surface area contributed by atoms with Crippen LogP contribution < -0.4 is 5.32 Å². The van der Waals surface area contributed by atoms with Crippen LogP contribution in [0, 0.1) is 0 Å². The molecule has 0 spiro atoms. The van der Waals surface area contributed by atoms with Gasteiger partial charge in [0.2, 0.25) is 0 Å². The van der Waals surface area contributed by atoms with Gasteiger partial charge in [0, 0.05) is 43.1 Å². The third-order valence-electron chi connectivity index (χ3n) is 3.06. The molecule has 0 atom stereocenters. The molecule has 108 valence electrons. The highest BCUT2D eigenvalue weighted by Crippen LogP contribution is 2.20. The number of anilines is 1. The standard InChI is InChI=1S/C15H22N4S/c1-3-7-17-15-18-10-14(20-15)12-19(4-2)11-13-5-8-16-9-6-13/h5-6,8-10H,3-4,7,11-12H2,1-2H3,(H,17,18). The number of aromatic nitrogens is 2. The molecule has 2 aromatic rings. The van der Waals surface area contributed by atoms with Gasteiger partial charge in [-0.3, -0.25) is 9.88 Å². The second kappa shape index (κ2) is 7.97. The predicted molar refractivity (Wildman–Crippen MR) is 84.9 cm³/mol. The number of nitrogens with zero attached hydrogens (tertiary/aromatic N) is 3. The summed E-state index contributed by atoms with van der Waals surface area (Å²) in [6.45, 7) is 8.27. The van der Waals surface area contributed by atoms with Crippen LogP contribution in [0.25, 0.3) is 0 Å². The molecule has 0 aliphatic carbocycles. The van der Waals surface area contributed by atoms with Crippen molar-refractivity contribution in [2.24, 2.45) is 0 Å². The molecular weight excluding hydrogens is 268 g/mol. The fraction of sp³-hybridized carbons (Fsp3) is 0.467. The lowest BCUT2D eigenvalue weighted by Crippen LogP contribution is -2.21. The van der Waals surface area contributed by atoms with Crippen LogP contribution >= 0.6 is 11.3 Å². The number of thiazole rings is 1. The van der Waals surface area contributed by atoms with E-state index in [0.29, 0.717) is 0 Å². The van der Waals surface area contributed by atoms with Crippen LogP contribution in [-0.4, -0.2) is 28.0 Å². The van der Waals surface area contributed by atoms with Gasteiger partial charge in [-0.15, -0.1) is 11.3 Å². The average Bonchev–Trinajstić information content (AvgIpc) is 2.93. The highest BCUT2D eigenvalue weighted by Gasteiger charge is 2.08. The van der Waals surface area contributed by atoms with E-state index in [-0.39, 0.29) is 0 Å². The van der Waals surface area contributed by atoms with Gasteiger partial charge in [-0.05, 0) is 30.7 Å². The average molecular weight is 290 g/mol. The summed E-state index contributed by atoms with van der Waals surface area (Å²) >= 11 is 1.75. The molecule has 2 heterocycles. The summed E-state index contributed by atoms with van der Waals surface area (Å²) in [5.41, 5.74) is 1.30. The van der Waals surface area contributed by atoms with Gasteiger partial charge in [0.25, 0.3) is 0 Å². The summed E-state index contributed by atoms with van der Waals surface area (Å²) in [5, 5.41) is 4.37. The predicted octanol–water partition coefficient (Wildman–Crippen LogP) is 3.38. The van der Waals surface area contributed by atoms with E-state index in [2.05, 4.69) is 46.2 Å². The minimum absolute atomic E-state index is 0.949. The molecule has 1 N–H and O–H groups in total. The molecule has 4 nitrogen and oxygen atoms in total. The Morgan fingerprint density at radius 1 is 1.20 bits per heavy atom. The van der Waals surface area contributed by atoms with Gasteiger partial charge in [0.05, 0.1) is 0 Å². The van der Waals surface area contributed by atoms with Crippen LogP contribution in [0.5, 0.6) is 0 Å². The monoisotopic (exact) mass is 290 g/mol. The van der Waals surface area contributed by atoms with Gasteiger partial charge >= 0.3 is 0 Å². The lowest BCUT2D eigenvalue weighted by atomic mass is 10.2. The van der Waals surface area contributed by atoms with Crippen LogP contribution in [0.2, 0.25) is 0 Å². The summed E-state index contributed by atoms with van der Waals surface area (Å²) < 4.78 is 0. The first-order valence-electron chi connectivity index (χ1n) is 7.11. The van der Waals surface area contributed by atoms with E-state index in [1.807, 2.05) is 18.6 Å². The zero-order valence-electron chi connectivity index (χ0n) is 12.2. The Balaban J connectivity index is 1.91. The molecule has 0 fully saturated rings. The lowest BCUT2D eigenvalue weighted by molar-refractivity contribution is 0.273. The van der Waals surface area contributed by atoms with Crippen molar-refractivity contribution < 1.29 is 0 Å². The maximum Gasteiger partial charge on any atom is 0.182 e. The molecule has 0 aliphatic heterocycles. The zero-order chi connectivity index (χ0) is 14.2. The van der Waals surface area contributed by atoms with E-state index in [1.54, 1.807) is 11.3 Å². The number of rotatable bonds is 8. The van der Waals surface area contributed by atoms with E-state index >= 15 is 0 Å². The van der Waals surface area contributed by atoms with E-state index in [0.717, 1.165) is 37.7 Å². The molecular formula is C15H22N4S. The summed E-state index contributed by atoms with van der Waals surface area (Å²) in [6, 6.07) is 4.15. The third-order valence-corrected chi connectivity index (χ3v) is 4.00. The van der Waals surface area contributed by atoms with Gasteiger partial charge in [0.15, 0.2) is 5.13 Å². The molecule has 0 unspecified atom stereocenters. The van der Waals surface area contributed by atoms with Crippen molar-refractivity contribution >= 4 is 16.5 Å². The Labute approximate surface area is 124 Å². The molecule has 2 rings (SSSR count). The summed E-state index contributed by atoms with van der Waals surface area (Å²) in [5.74, 6) is 0. The first kappa shape index (κ1) is 14.9. The van der Waals surface area contributed by atoms with Crippen molar-refractivity contribution in [2.75, 3.05) is 18.4 Å². The van der Waals surface area contributed by atoms with Crippen LogP contribution in [0.4, 0.5) is 5.13 Å². The molecule has 0 amide bonds. The van der Waals surface area contributed by atoms with Crippen molar-refractivity contribution in [2.45, 2.75) is 33.4 Å². The zero-order valence-corrected chi connectivity index (χ0v) is 13.0. The Morgan fingerprint density at radius 2 is 2.00 bits per heavy atom.